The van der Waals surface area contributed by atoms with E-state index in [0.29, 0.717) is 28.8 Å². The smallest absolute Gasteiger partial charge is 0.258 e. The number of hydrogen-bond acceptors (Lipinski definition) is 9. The van der Waals surface area contributed by atoms with E-state index in [1.807, 2.05) is 12.1 Å². The van der Waals surface area contributed by atoms with Crippen molar-refractivity contribution in [2.75, 3.05) is 5.75 Å². The standard InChI is InChI=1S/C33H38N2O6S/c1-31-12-11-20(36)14-19(31)9-10-21-22-15-26-33(32(22,2)16-23(37)27(21)31,41-29(40-26)18-6-3-4-7-18)25(38)17-42-30-35-28-24(39-30)8-5-13-34-28/h5,8,11-14,18,21-23,26-27,29,37H,3-4,6-7,9-10,15-17H2,1-2H3/t21?,22?,23-,26+,27?,29?,31?,32?,33+/m0/s1. The molecule has 5 fully saturated rings. The highest BCUT2D eigenvalue weighted by Gasteiger charge is 2.76. The van der Waals surface area contributed by atoms with E-state index in [-0.39, 0.29) is 46.6 Å². The number of rotatable bonds is 5. The normalized spacial score (nSPS) is 42.7. The summed E-state index contributed by atoms with van der Waals surface area (Å²) in [5.74, 6) is 0.807. The molecule has 0 radical (unpaired) electrons. The molecule has 6 aliphatic rings. The van der Waals surface area contributed by atoms with Crippen molar-refractivity contribution in [1.82, 2.24) is 9.97 Å². The van der Waals surface area contributed by atoms with Gasteiger partial charge in [-0.3, -0.25) is 9.59 Å². The van der Waals surface area contributed by atoms with E-state index in [1.54, 1.807) is 24.4 Å². The molecule has 222 valence electrons. The molecule has 0 aromatic carbocycles. The van der Waals surface area contributed by atoms with Crippen LogP contribution < -0.4 is 0 Å². The predicted octanol–water partition coefficient (Wildman–Crippen LogP) is 5.44. The molecule has 6 unspecified atom stereocenters. The summed E-state index contributed by atoms with van der Waals surface area (Å²) in [5.41, 5.74) is 0.161. The molecule has 8 nitrogen and oxygen atoms in total. The Balaban J connectivity index is 1.14. The van der Waals surface area contributed by atoms with Crippen LogP contribution in [-0.2, 0) is 19.1 Å². The minimum atomic E-state index is -1.14. The van der Waals surface area contributed by atoms with Crippen LogP contribution in [0.25, 0.3) is 11.2 Å². The third kappa shape index (κ3) is 3.72. The molecule has 4 saturated carbocycles. The highest BCUT2D eigenvalue weighted by atomic mass is 32.2. The maximum Gasteiger partial charge on any atom is 0.258 e. The predicted molar refractivity (Wildman–Crippen MR) is 155 cm³/mol. The second kappa shape index (κ2) is 9.58. The summed E-state index contributed by atoms with van der Waals surface area (Å²) in [6, 6.07) is 3.62. The van der Waals surface area contributed by atoms with Gasteiger partial charge in [0, 0.05) is 28.9 Å². The van der Waals surface area contributed by atoms with Gasteiger partial charge in [-0.15, -0.1) is 0 Å². The lowest BCUT2D eigenvalue weighted by molar-refractivity contribution is -0.205. The van der Waals surface area contributed by atoms with Gasteiger partial charge in [0.15, 0.2) is 34.7 Å². The SMILES string of the molecule is CC12C=CC(=O)C=C1CCC1C2[C@@H](O)CC2(C)C1C[C@H]1OC(C3CCCC3)O[C@]12C(=O)CSc1nc2ncccc2o1. The van der Waals surface area contributed by atoms with Crippen molar-refractivity contribution in [3.05, 3.63) is 42.1 Å². The molecule has 9 heteroatoms. The van der Waals surface area contributed by atoms with E-state index in [1.165, 1.54) is 11.8 Å². The average molecular weight is 591 g/mol. The molecule has 1 aliphatic heterocycles. The zero-order chi connectivity index (χ0) is 28.9. The van der Waals surface area contributed by atoms with Crippen molar-refractivity contribution in [2.45, 2.75) is 94.5 Å². The first kappa shape index (κ1) is 27.2. The van der Waals surface area contributed by atoms with Crippen LogP contribution >= 0.6 is 11.8 Å². The maximum atomic E-state index is 14.6. The third-order valence-corrected chi connectivity index (χ3v) is 12.8. The van der Waals surface area contributed by atoms with Gasteiger partial charge in [0.2, 0.25) is 0 Å². The van der Waals surface area contributed by atoms with E-state index >= 15 is 0 Å². The Hall–Kier alpha value is -2.33. The second-order valence-corrected chi connectivity index (χ2v) is 14.8. The molecular formula is C33H38N2O6S. The molecule has 8 rings (SSSR count). The molecule has 0 amide bonds. The van der Waals surface area contributed by atoms with Crippen LogP contribution in [0.2, 0.25) is 0 Å². The molecule has 9 atom stereocenters. The van der Waals surface area contributed by atoms with Crippen molar-refractivity contribution in [3.8, 4) is 0 Å². The summed E-state index contributed by atoms with van der Waals surface area (Å²) >= 11 is 1.28. The Morgan fingerprint density at radius 3 is 2.86 bits per heavy atom. The summed E-state index contributed by atoms with van der Waals surface area (Å²) in [6.45, 7) is 4.35. The Morgan fingerprint density at radius 1 is 1.21 bits per heavy atom. The molecule has 3 heterocycles. The number of thioether (sulfide) groups is 1. The first-order chi connectivity index (χ1) is 20.2. The summed E-state index contributed by atoms with van der Waals surface area (Å²) in [5, 5.41) is 12.4. The number of Topliss-reactive ketones (excluding diaryl/α,β-unsaturated/α-hetero) is 1. The van der Waals surface area contributed by atoms with E-state index < -0.39 is 23.4 Å². The van der Waals surface area contributed by atoms with Gasteiger partial charge in [0.1, 0.15) is 0 Å². The number of aliphatic hydroxyl groups is 1. The van der Waals surface area contributed by atoms with Crippen LogP contribution in [0.1, 0.15) is 65.2 Å². The fourth-order valence-electron chi connectivity index (χ4n) is 10.1. The number of nitrogens with zero attached hydrogens (tertiary/aromatic N) is 2. The zero-order valence-corrected chi connectivity index (χ0v) is 25.0. The number of oxazole rings is 1. The van der Waals surface area contributed by atoms with Gasteiger partial charge in [0.25, 0.3) is 5.22 Å². The van der Waals surface area contributed by atoms with Crippen LogP contribution in [0.3, 0.4) is 0 Å². The van der Waals surface area contributed by atoms with Crippen LogP contribution in [-0.4, -0.2) is 56.5 Å². The zero-order valence-electron chi connectivity index (χ0n) is 24.2. The molecular weight excluding hydrogens is 552 g/mol. The number of aromatic nitrogens is 2. The topological polar surface area (TPSA) is 112 Å². The van der Waals surface area contributed by atoms with Crippen molar-refractivity contribution >= 4 is 34.6 Å². The van der Waals surface area contributed by atoms with Crippen LogP contribution in [0, 0.1) is 34.5 Å². The summed E-state index contributed by atoms with van der Waals surface area (Å²) in [4.78, 5) is 35.6. The fraction of sp³-hybridized carbons (Fsp3) is 0.636. The van der Waals surface area contributed by atoms with Crippen LogP contribution in [0.4, 0.5) is 0 Å². The monoisotopic (exact) mass is 590 g/mol. The maximum absolute atomic E-state index is 14.6. The molecule has 0 spiro atoms. The number of allylic oxidation sites excluding steroid dienone is 4. The minimum Gasteiger partial charge on any atom is -0.430 e. The van der Waals surface area contributed by atoms with Gasteiger partial charge in [0.05, 0.1) is 18.0 Å². The highest BCUT2D eigenvalue weighted by molar-refractivity contribution is 7.99. The Kier molecular flexibility index (Phi) is 6.21. The van der Waals surface area contributed by atoms with Gasteiger partial charge in [-0.25, -0.2) is 4.98 Å². The van der Waals surface area contributed by atoms with Crippen molar-refractivity contribution in [2.24, 2.45) is 34.5 Å². The van der Waals surface area contributed by atoms with Crippen LogP contribution in [0.5, 0.6) is 0 Å². The van der Waals surface area contributed by atoms with E-state index in [2.05, 4.69) is 23.8 Å². The average Bonchev–Trinajstić information content (AvgIpc) is 3.75. The number of hydrogen-bond donors (Lipinski definition) is 1. The first-order valence-electron chi connectivity index (χ1n) is 15.6. The van der Waals surface area contributed by atoms with E-state index in [4.69, 9.17) is 13.9 Å². The molecule has 1 N–H and O–H groups in total. The lowest BCUT2D eigenvalue weighted by Gasteiger charge is -2.59. The molecule has 2 aromatic rings. The Bertz CT molecular complexity index is 1480. The van der Waals surface area contributed by atoms with Crippen molar-refractivity contribution in [1.29, 1.82) is 0 Å². The Labute approximate surface area is 249 Å². The lowest BCUT2D eigenvalue weighted by atomic mass is 9.46. The summed E-state index contributed by atoms with van der Waals surface area (Å²) in [7, 11) is 0. The third-order valence-electron chi connectivity index (χ3n) is 11.9. The number of carbonyl (C=O) groups excluding carboxylic acids is 2. The van der Waals surface area contributed by atoms with Gasteiger partial charge in [-0.1, -0.05) is 50.1 Å². The Morgan fingerprint density at radius 2 is 2.05 bits per heavy atom. The second-order valence-electron chi connectivity index (χ2n) is 13.9. The van der Waals surface area contributed by atoms with Gasteiger partial charge >= 0.3 is 0 Å². The molecule has 42 heavy (non-hydrogen) atoms. The number of ether oxygens (including phenoxy) is 2. The first-order valence-corrected chi connectivity index (χ1v) is 16.5. The van der Waals surface area contributed by atoms with E-state index in [0.717, 1.165) is 50.5 Å². The fourth-order valence-corrected chi connectivity index (χ4v) is 10.8. The van der Waals surface area contributed by atoms with Crippen molar-refractivity contribution < 1.29 is 28.6 Å². The van der Waals surface area contributed by atoms with Gasteiger partial charge in [-0.2, -0.15) is 4.98 Å². The van der Waals surface area contributed by atoms with E-state index in [9.17, 15) is 14.7 Å². The quantitative estimate of drug-likeness (QED) is 0.455. The highest BCUT2D eigenvalue weighted by Crippen LogP contribution is 2.70. The summed E-state index contributed by atoms with van der Waals surface area (Å²) in [6.07, 6.45) is 13.1. The minimum absolute atomic E-state index is 0.00497. The molecule has 1 saturated heterocycles. The van der Waals surface area contributed by atoms with Crippen LogP contribution in [0.15, 0.2) is 51.8 Å². The summed E-state index contributed by atoms with van der Waals surface area (Å²) < 4.78 is 19.6. The number of carbonyl (C=O) groups is 2. The molecule has 5 aliphatic carbocycles. The number of aliphatic hydroxyl groups excluding tert-OH is 1. The number of ketones is 2. The lowest BCUT2D eigenvalue weighted by Crippen LogP contribution is -2.63. The number of fused-ring (bicyclic) bond motifs is 8. The molecule has 0 bridgehead atoms. The van der Waals surface area contributed by atoms with Gasteiger partial charge in [-0.05, 0) is 74.6 Å². The van der Waals surface area contributed by atoms with Gasteiger partial charge < -0.3 is 19.0 Å². The van der Waals surface area contributed by atoms with Crippen molar-refractivity contribution in [3.63, 3.8) is 0 Å². The molecule has 2 aromatic heterocycles. The largest absolute Gasteiger partial charge is 0.430 e. The number of pyridine rings is 1.